The van der Waals surface area contributed by atoms with Crippen molar-refractivity contribution < 1.29 is 4.79 Å². The van der Waals surface area contributed by atoms with Crippen molar-refractivity contribution in [2.75, 3.05) is 0 Å². The third kappa shape index (κ3) is 1.71. The summed E-state index contributed by atoms with van der Waals surface area (Å²) in [7, 11) is 0. The average Bonchev–Trinajstić information content (AvgIpc) is 2.30. The SMILES string of the molecule is CC12CCC(=O)N[C@@H]1CCc1cc(Br)ccc12. The molecule has 0 aromatic heterocycles. The molecule has 0 radical (unpaired) electrons. The molecular weight excluding hydrogens is 278 g/mol. The Bertz CT molecular complexity index is 485. The van der Waals surface area contributed by atoms with Gasteiger partial charge in [0.25, 0.3) is 0 Å². The normalized spacial score (nSPS) is 31.4. The number of hydrogen-bond donors (Lipinski definition) is 1. The lowest BCUT2D eigenvalue weighted by Crippen LogP contribution is -2.55. The Balaban J connectivity index is 2.07. The standard InChI is InChI=1S/C14H16BrNO/c1-14-7-6-13(17)16-12(14)5-2-9-8-10(15)3-4-11(9)14/h3-4,8,12H,2,5-7H2,1H3,(H,16,17)/t12-,14?/m1/s1. The summed E-state index contributed by atoms with van der Waals surface area (Å²) in [6, 6.07) is 6.89. The minimum Gasteiger partial charge on any atom is -0.352 e. The molecule has 17 heavy (non-hydrogen) atoms. The van der Waals surface area contributed by atoms with Gasteiger partial charge in [0.15, 0.2) is 0 Å². The lowest BCUT2D eigenvalue weighted by atomic mass is 9.64. The predicted octanol–water partition coefficient (Wildman–Crippen LogP) is 2.93. The Morgan fingerprint density at radius 1 is 1.41 bits per heavy atom. The van der Waals surface area contributed by atoms with Gasteiger partial charge in [0.2, 0.25) is 5.91 Å². The van der Waals surface area contributed by atoms with Crippen LogP contribution < -0.4 is 5.32 Å². The zero-order valence-corrected chi connectivity index (χ0v) is 11.5. The fourth-order valence-corrected chi connectivity index (χ4v) is 3.72. The smallest absolute Gasteiger partial charge is 0.220 e. The number of benzene rings is 1. The van der Waals surface area contributed by atoms with Gasteiger partial charge in [-0.25, -0.2) is 0 Å². The Hall–Kier alpha value is -0.830. The van der Waals surface area contributed by atoms with E-state index in [1.54, 1.807) is 0 Å². The van der Waals surface area contributed by atoms with Gasteiger partial charge in [-0.2, -0.15) is 0 Å². The number of nitrogens with one attached hydrogen (secondary N) is 1. The number of halogens is 1. The summed E-state index contributed by atoms with van der Waals surface area (Å²) < 4.78 is 1.15. The summed E-state index contributed by atoms with van der Waals surface area (Å²) >= 11 is 3.54. The number of piperidine rings is 1. The zero-order valence-electron chi connectivity index (χ0n) is 9.92. The van der Waals surface area contributed by atoms with Crippen molar-refractivity contribution in [3.63, 3.8) is 0 Å². The molecule has 1 heterocycles. The maximum atomic E-state index is 11.5. The molecular formula is C14H16BrNO. The molecule has 1 fully saturated rings. The van der Waals surface area contributed by atoms with Gasteiger partial charge in [-0.15, -0.1) is 0 Å². The molecule has 2 atom stereocenters. The van der Waals surface area contributed by atoms with E-state index in [1.807, 2.05) is 0 Å². The Morgan fingerprint density at radius 2 is 2.24 bits per heavy atom. The molecule has 0 saturated carbocycles. The van der Waals surface area contributed by atoms with Crippen LogP contribution in [0.15, 0.2) is 22.7 Å². The van der Waals surface area contributed by atoms with Gasteiger partial charge in [-0.3, -0.25) is 4.79 Å². The van der Waals surface area contributed by atoms with Crippen LogP contribution in [0.25, 0.3) is 0 Å². The fourth-order valence-electron chi connectivity index (χ4n) is 3.31. The molecule has 3 rings (SSSR count). The van der Waals surface area contributed by atoms with Crippen molar-refractivity contribution in [3.05, 3.63) is 33.8 Å². The summed E-state index contributed by atoms with van der Waals surface area (Å²) in [6.45, 7) is 2.29. The van der Waals surface area contributed by atoms with Crippen LogP contribution >= 0.6 is 15.9 Å². The third-order valence-electron chi connectivity index (χ3n) is 4.36. The molecule has 1 amide bonds. The summed E-state index contributed by atoms with van der Waals surface area (Å²) in [4.78, 5) is 11.5. The largest absolute Gasteiger partial charge is 0.352 e. The molecule has 1 saturated heterocycles. The van der Waals surface area contributed by atoms with Crippen molar-refractivity contribution in [2.45, 2.75) is 44.1 Å². The third-order valence-corrected chi connectivity index (χ3v) is 4.85. The van der Waals surface area contributed by atoms with Crippen LogP contribution in [0.4, 0.5) is 0 Å². The number of amides is 1. The lowest BCUT2D eigenvalue weighted by molar-refractivity contribution is -0.125. The molecule has 2 aliphatic rings. The van der Waals surface area contributed by atoms with Gasteiger partial charge in [-0.05, 0) is 42.5 Å². The zero-order chi connectivity index (χ0) is 12.0. The number of fused-ring (bicyclic) bond motifs is 3. The quantitative estimate of drug-likeness (QED) is 0.783. The minimum atomic E-state index is 0.127. The topological polar surface area (TPSA) is 29.1 Å². The maximum Gasteiger partial charge on any atom is 0.220 e. The minimum absolute atomic E-state index is 0.127. The van der Waals surface area contributed by atoms with Gasteiger partial charge < -0.3 is 5.32 Å². The number of carbonyl (C=O) groups is 1. The molecule has 1 aliphatic carbocycles. The summed E-state index contributed by atoms with van der Waals surface area (Å²) in [5.74, 6) is 0.216. The molecule has 3 heteroatoms. The van der Waals surface area contributed by atoms with E-state index < -0.39 is 0 Å². The maximum absolute atomic E-state index is 11.5. The second-order valence-electron chi connectivity index (χ2n) is 5.38. The summed E-state index contributed by atoms with van der Waals surface area (Å²) in [6.07, 6.45) is 3.75. The highest BCUT2D eigenvalue weighted by Gasteiger charge is 2.43. The van der Waals surface area contributed by atoms with Crippen molar-refractivity contribution in [1.29, 1.82) is 0 Å². The van der Waals surface area contributed by atoms with Crippen molar-refractivity contribution in [1.82, 2.24) is 5.32 Å². The van der Waals surface area contributed by atoms with E-state index in [4.69, 9.17) is 0 Å². The van der Waals surface area contributed by atoms with Crippen LogP contribution in [0.3, 0.4) is 0 Å². The second-order valence-corrected chi connectivity index (χ2v) is 6.29. The highest BCUT2D eigenvalue weighted by atomic mass is 79.9. The molecule has 1 N–H and O–H groups in total. The van der Waals surface area contributed by atoms with E-state index >= 15 is 0 Å². The Labute approximate surface area is 110 Å². The first-order chi connectivity index (χ1) is 8.09. The second kappa shape index (κ2) is 3.84. The van der Waals surface area contributed by atoms with Crippen molar-refractivity contribution >= 4 is 21.8 Å². The van der Waals surface area contributed by atoms with Crippen molar-refractivity contribution in [3.8, 4) is 0 Å². The van der Waals surface area contributed by atoms with E-state index in [0.29, 0.717) is 12.5 Å². The van der Waals surface area contributed by atoms with Crippen molar-refractivity contribution in [2.24, 2.45) is 0 Å². The van der Waals surface area contributed by atoms with Gasteiger partial charge in [0, 0.05) is 22.4 Å². The lowest BCUT2D eigenvalue weighted by Gasteiger charge is -2.46. The number of aryl methyl sites for hydroxylation is 1. The molecule has 90 valence electrons. The molecule has 2 nitrogen and oxygen atoms in total. The fraction of sp³-hybridized carbons (Fsp3) is 0.500. The monoisotopic (exact) mass is 293 g/mol. The van der Waals surface area contributed by atoms with Crippen LogP contribution in [0, 0.1) is 0 Å². The Kier molecular flexibility index (Phi) is 2.54. The van der Waals surface area contributed by atoms with Crippen LogP contribution in [0.1, 0.15) is 37.3 Å². The first kappa shape index (κ1) is 11.3. The molecule has 1 unspecified atom stereocenters. The van der Waals surface area contributed by atoms with Gasteiger partial charge in [-0.1, -0.05) is 28.9 Å². The molecule has 0 spiro atoms. The summed E-state index contributed by atoms with van der Waals surface area (Å²) in [5, 5.41) is 3.16. The highest BCUT2D eigenvalue weighted by molar-refractivity contribution is 9.10. The van der Waals surface area contributed by atoms with E-state index in [-0.39, 0.29) is 11.3 Å². The van der Waals surface area contributed by atoms with Gasteiger partial charge in [0.1, 0.15) is 0 Å². The number of carbonyl (C=O) groups excluding carboxylic acids is 1. The number of rotatable bonds is 0. The first-order valence-corrected chi connectivity index (χ1v) is 6.97. The van der Waals surface area contributed by atoms with Crippen LogP contribution in [-0.4, -0.2) is 11.9 Å². The first-order valence-electron chi connectivity index (χ1n) is 6.18. The van der Waals surface area contributed by atoms with E-state index in [0.717, 1.165) is 23.7 Å². The summed E-state index contributed by atoms with van der Waals surface area (Å²) in [5.41, 5.74) is 2.99. The van der Waals surface area contributed by atoms with E-state index in [9.17, 15) is 4.79 Å². The highest BCUT2D eigenvalue weighted by Crippen LogP contribution is 2.43. The number of hydrogen-bond acceptors (Lipinski definition) is 1. The molecule has 1 aliphatic heterocycles. The predicted molar refractivity (Wildman–Crippen MR) is 71.0 cm³/mol. The van der Waals surface area contributed by atoms with Crippen LogP contribution in [0.5, 0.6) is 0 Å². The van der Waals surface area contributed by atoms with E-state index in [1.165, 1.54) is 11.1 Å². The van der Waals surface area contributed by atoms with Crippen LogP contribution in [0.2, 0.25) is 0 Å². The Morgan fingerprint density at radius 3 is 3.06 bits per heavy atom. The van der Waals surface area contributed by atoms with E-state index in [2.05, 4.69) is 46.4 Å². The van der Waals surface area contributed by atoms with Gasteiger partial charge in [0.05, 0.1) is 0 Å². The molecule has 1 aromatic rings. The van der Waals surface area contributed by atoms with Crippen LogP contribution in [-0.2, 0) is 16.6 Å². The molecule has 1 aromatic carbocycles. The van der Waals surface area contributed by atoms with Gasteiger partial charge >= 0.3 is 0 Å². The average molecular weight is 294 g/mol. The molecule has 0 bridgehead atoms.